The number of fused-ring (bicyclic) bond motifs is 2. The molecule has 176 valence electrons. The first-order valence-corrected chi connectivity index (χ1v) is 11.3. The molecule has 0 unspecified atom stereocenters. The van der Waals surface area contributed by atoms with Crippen molar-refractivity contribution in [3.05, 3.63) is 79.0 Å². The molecule has 5 aromatic rings. The van der Waals surface area contributed by atoms with Crippen LogP contribution in [0, 0.1) is 0 Å². The maximum atomic E-state index is 13.0. The second kappa shape index (κ2) is 8.72. The van der Waals surface area contributed by atoms with Gasteiger partial charge >= 0.3 is 6.03 Å². The van der Waals surface area contributed by atoms with Gasteiger partial charge in [0.25, 0.3) is 0 Å². The van der Waals surface area contributed by atoms with E-state index in [2.05, 4.69) is 46.4 Å². The number of carbonyl (C=O) groups is 1. The molecule has 2 amide bonds. The van der Waals surface area contributed by atoms with Crippen molar-refractivity contribution in [2.45, 2.75) is 26.2 Å². The van der Waals surface area contributed by atoms with Gasteiger partial charge in [-0.3, -0.25) is 4.57 Å². The van der Waals surface area contributed by atoms with Gasteiger partial charge in [-0.1, -0.05) is 51.1 Å². The van der Waals surface area contributed by atoms with E-state index in [-0.39, 0.29) is 11.4 Å². The van der Waals surface area contributed by atoms with Crippen molar-refractivity contribution in [1.82, 2.24) is 19.5 Å². The van der Waals surface area contributed by atoms with Gasteiger partial charge in [-0.25, -0.2) is 19.7 Å². The third-order valence-corrected chi connectivity index (χ3v) is 5.94. The molecular weight excluding hydrogens is 440 g/mol. The van der Waals surface area contributed by atoms with Crippen LogP contribution in [0.3, 0.4) is 0 Å². The topological polar surface area (TPSA) is 94.0 Å². The average molecular weight is 467 g/mol. The van der Waals surface area contributed by atoms with Crippen molar-refractivity contribution in [2.24, 2.45) is 0 Å². The maximum absolute atomic E-state index is 13.0. The smallest absolute Gasteiger partial charge is 0.323 e. The molecule has 0 fully saturated rings. The van der Waals surface area contributed by atoms with Crippen LogP contribution in [0.2, 0.25) is 0 Å². The summed E-state index contributed by atoms with van der Waals surface area (Å²) in [7, 11) is 1.59. The highest BCUT2D eigenvalue weighted by molar-refractivity contribution is 6.08. The van der Waals surface area contributed by atoms with Gasteiger partial charge in [-0.15, -0.1) is 0 Å². The number of hydrogen-bond donors (Lipinski definition) is 2. The summed E-state index contributed by atoms with van der Waals surface area (Å²) in [5.41, 5.74) is 4.68. The van der Waals surface area contributed by atoms with E-state index >= 15 is 0 Å². The van der Waals surface area contributed by atoms with E-state index in [4.69, 9.17) is 4.74 Å². The van der Waals surface area contributed by atoms with Crippen LogP contribution in [0.15, 0.2) is 73.4 Å². The number of imidazole rings is 1. The van der Waals surface area contributed by atoms with Crippen molar-refractivity contribution in [3.8, 4) is 11.4 Å². The summed E-state index contributed by atoms with van der Waals surface area (Å²) in [5.74, 6) is 0.599. The Morgan fingerprint density at radius 2 is 1.71 bits per heavy atom. The monoisotopic (exact) mass is 466 g/mol. The lowest BCUT2D eigenvalue weighted by Gasteiger charge is -2.21. The summed E-state index contributed by atoms with van der Waals surface area (Å²) in [6.07, 6.45) is 4.92. The van der Waals surface area contributed by atoms with Gasteiger partial charge in [0.05, 0.1) is 30.4 Å². The van der Waals surface area contributed by atoms with Crippen LogP contribution in [-0.2, 0) is 5.41 Å². The number of amides is 2. The van der Waals surface area contributed by atoms with Crippen LogP contribution in [0.5, 0.6) is 5.75 Å². The molecule has 35 heavy (non-hydrogen) atoms. The second-order valence-corrected chi connectivity index (χ2v) is 9.27. The molecule has 8 heteroatoms. The van der Waals surface area contributed by atoms with Crippen molar-refractivity contribution in [3.63, 3.8) is 0 Å². The number of rotatable bonds is 4. The fourth-order valence-electron chi connectivity index (χ4n) is 4.09. The largest absolute Gasteiger partial charge is 0.495 e. The van der Waals surface area contributed by atoms with Crippen molar-refractivity contribution in [2.75, 3.05) is 17.7 Å². The van der Waals surface area contributed by atoms with Gasteiger partial charge in [-0.05, 0) is 35.2 Å². The number of aromatic nitrogens is 4. The van der Waals surface area contributed by atoms with Crippen LogP contribution in [0.1, 0.15) is 26.3 Å². The van der Waals surface area contributed by atoms with E-state index in [0.717, 1.165) is 27.7 Å². The molecule has 0 bridgehead atoms. The maximum Gasteiger partial charge on any atom is 0.323 e. The first kappa shape index (κ1) is 22.3. The second-order valence-electron chi connectivity index (χ2n) is 9.27. The first-order chi connectivity index (χ1) is 16.8. The number of hydrogen-bond acceptors (Lipinski definition) is 5. The summed E-state index contributed by atoms with van der Waals surface area (Å²) < 4.78 is 7.39. The molecule has 0 aliphatic heterocycles. The van der Waals surface area contributed by atoms with E-state index in [1.165, 1.54) is 6.33 Å². The number of carbonyl (C=O) groups excluding carboxylic acids is 1. The van der Waals surface area contributed by atoms with Crippen LogP contribution in [0.25, 0.3) is 27.6 Å². The highest BCUT2D eigenvalue weighted by Gasteiger charge is 2.18. The fourth-order valence-corrected chi connectivity index (χ4v) is 4.09. The van der Waals surface area contributed by atoms with Crippen LogP contribution in [0.4, 0.5) is 16.2 Å². The third kappa shape index (κ3) is 4.26. The van der Waals surface area contributed by atoms with E-state index in [1.54, 1.807) is 19.6 Å². The number of urea groups is 1. The highest BCUT2D eigenvalue weighted by atomic mass is 16.5. The zero-order valence-corrected chi connectivity index (χ0v) is 20.0. The molecule has 5 rings (SSSR count). The Hall–Kier alpha value is -4.46. The van der Waals surface area contributed by atoms with Crippen LogP contribution >= 0.6 is 0 Å². The number of anilines is 2. The van der Waals surface area contributed by atoms with Crippen molar-refractivity contribution < 1.29 is 9.53 Å². The molecule has 0 aliphatic carbocycles. The summed E-state index contributed by atoms with van der Waals surface area (Å²) in [5, 5.41) is 7.79. The number of methoxy groups -OCH3 is 1. The predicted molar refractivity (Wildman–Crippen MR) is 139 cm³/mol. The Kier molecular flexibility index (Phi) is 5.56. The molecule has 8 nitrogen and oxygen atoms in total. The molecule has 0 saturated heterocycles. The molecular formula is C27H26N6O2. The lowest BCUT2D eigenvalue weighted by molar-refractivity contribution is 0.262. The number of benzene rings is 3. The Labute approximate surface area is 203 Å². The molecule has 0 spiro atoms. The molecule has 2 aromatic heterocycles. The number of ether oxygens (including phenoxy) is 1. The minimum Gasteiger partial charge on any atom is -0.495 e. The lowest BCUT2D eigenvalue weighted by Crippen LogP contribution is -2.21. The molecule has 2 N–H and O–H groups in total. The molecule has 0 saturated carbocycles. The zero-order valence-electron chi connectivity index (χ0n) is 20.0. The Morgan fingerprint density at radius 1 is 0.943 bits per heavy atom. The molecule has 2 heterocycles. The Bertz CT molecular complexity index is 1550. The van der Waals surface area contributed by atoms with E-state index in [1.807, 2.05) is 59.2 Å². The molecule has 3 aromatic carbocycles. The van der Waals surface area contributed by atoms with Crippen LogP contribution < -0.4 is 15.4 Å². The normalized spacial score (nSPS) is 11.5. The zero-order chi connectivity index (χ0) is 24.6. The Morgan fingerprint density at radius 3 is 2.49 bits per heavy atom. The molecule has 0 atom stereocenters. The minimum absolute atomic E-state index is 0.0619. The summed E-state index contributed by atoms with van der Waals surface area (Å²) in [6.45, 7) is 6.38. The van der Waals surface area contributed by atoms with E-state index in [0.29, 0.717) is 22.6 Å². The van der Waals surface area contributed by atoms with Gasteiger partial charge in [0.2, 0.25) is 0 Å². The van der Waals surface area contributed by atoms with Crippen molar-refractivity contribution >= 4 is 39.3 Å². The first-order valence-electron chi connectivity index (χ1n) is 11.3. The standard InChI is InChI=1S/C27H26N6O2/c1-27(2,3)17-9-12-24(35-4)21(13-17)32-26(34)31-20-10-11-23(19-8-6-5-7-18(19)20)33-16-30-22-14-28-15-29-25(22)33/h5-16H,1-4H3,(H2,31,32,34). The van der Waals surface area contributed by atoms with Gasteiger partial charge in [-0.2, -0.15) is 0 Å². The fraction of sp³-hybridized carbons (Fsp3) is 0.185. The average Bonchev–Trinajstić information content (AvgIpc) is 3.27. The number of nitrogens with zero attached hydrogens (tertiary/aromatic N) is 4. The highest BCUT2D eigenvalue weighted by Crippen LogP contribution is 2.33. The number of nitrogens with one attached hydrogen (secondary N) is 2. The van der Waals surface area contributed by atoms with Gasteiger partial charge in [0, 0.05) is 10.8 Å². The molecule has 0 radical (unpaired) electrons. The van der Waals surface area contributed by atoms with E-state index < -0.39 is 0 Å². The van der Waals surface area contributed by atoms with Crippen molar-refractivity contribution in [1.29, 1.82) is 0 Å². The predicted octanol–water partition coefficient (Wildman–Crippen LogP) is 5.92. The van der Waals surface area contributed by atoms with E-state index in [9.17, 15) is 4.79 Å². The third-order valence-electron chi connectivity index (χ3n) is 5.94. The van der Waals surface area contributed by atoms with Gasteiger partial charge in [0.15, 0.2) is 5.65 Å². The minimum atomic E-state index is -0.354. The van der Waals surface area contributed by atoms with Crippen LogP contribution in [-0.4, -0.2) is 32.7 Å². The van der Waals surface area contributed by atoms with Gasteiger partial charge < -0.3 is 15.4 Å². The summed E-state index contributed by atoms with van der Waals surface area (Å²) in [6, 6.07) is 17.2. The lowest BCUT2D eigenvalue weighted by atomic mass is 9.87. The summed E-state index contributed by atoms with van der Waals surface area (Å²) >= 11 is 0. The SMILES string of the molecule is COc1ccc(C(C)(C)C)cc1NC(=O)Nc1ccc(-n2cnc3cncnc32)c2ccccc12. The Balaban J connectivity index is 1.48. The molecule has 0 aliphatic rings. The summed E-state index contributed by atoms with van der Waals surface area (Å²) in [4.78, 5) is 25.9. The van der Waals surface area contributed by atoms with Gasteiger partial charge in [0.1, 0.15) is 23.9 Å². The quantitative estimate of drug-likeness (QED) is 0.343.